The molecule has 2 heterocycles. The fourth-order valence-electron chi connectivity index (χ4n) is 3.33. The summed E-state index contributed by atoms with van der Waals surface area (Å²) in [5, 5.41) is 12.6. The van der Waals surface area contributed by atoms with Gasteiger partial charge in [0.2, 0.25) is 0 Å². The van der Waals surface area contributed by atoms with E-state index in [1.165, 1.54) is 13.3 Å². The van der Waals surface area contributed by atoms with Gasteiger partial charge in [-0.1, -0.05) is 12.1 Å². The second-order valence-corrected chi connectivity index (χ2v) is 7.37. The zero-order valence-corrected chi connectivity index (χ0v) is 15.8. The zero-order chi connectivity index (χ0) is 21.7. The molecule has 1 aliphatic carbocycles. The lowest BCUT2D eigenvalue weighted by molar-refractivity contribution is -0.144. The van der Waals surface area contributed by atoms with E-state index in [2.05, 4.69) is 15.3 Å². The molecule has 1 saturated carbocycles. The van der Waals surface area contributed by atoms with E-state index in [1.54, 1.807) is 12.3 Å². The first-order chi connectivity index (χ1) is 14.1. The van der Waals surface area contributed by atoms with Crippen LogP contribution >= 0.6 is 0 Å². The highest BCUT2D eigenvalue weighted by Crippen LogP contribution is 2.37. The van der Waals surface area contributed by atoms with Crippen LogP contribution in [0.3, 0.4) is 0 Å². The summed E-state index contributed by atoms with van der Waals surface area (Å²) in [5.74, 6) is -2.18. The number of nitrogens with one attached hydrogen (secondary N) is 1. The number of hydrogen-bond donors (Lipinski definition) is 2. The van der Waals surface area contributed by atoms with Crippen molar-refractivity contribution in [1.29, 1.82) is 0 Å². The molecule has 0 saturated heterocycles. The number of carbonyl (C=O) groups is 2. The van der Waals surface area contributed by atoms with Crippen molar-refractivity contribution < 1.29 is 27.9 Å². The van der Waals surface area contributed by atoms with Crippen LogP contribution in [0.4, 0.5) is 13.2 Å². The molecule has 2 aromatic heterocycles. The third kappa shape index (κ3) is 3.38. The van der Waals surface area contributed by atoms with E-state index in [4.69, 9.17) is 0 Å². The van der Waals surface area contributed by atoms with E-state index in [1.807, 2.05) is 4.57 Å². The summed E-state index contributed by atoms with van der Waals surface area (Å²) in [4.78, 5) is 33.1. The van der Waals surface area contributed by atoms with E-state index in [0.29, 0.717) is 17.1 Å². The minimum atomic E-state index is -4.55. The predicted octanol–water partition coefficient (Wildman–Crippen LogP) is 3.51. The Morgan fingerprint density at radius 3 is 2.30 bits per heavy atom. The number of rotatable bonds is 5. The van der Waals surface area contributed by atoms with Crippen molar-refractivity contribution >= 4 is 22.9 Å². The topological polar surface area (TPSA) is 97.1 Å². The summed E-state index contributed by atoms with van der Waals surface area (Å²) < 4.78 is 40.4. The van der Waals surface area contributed by atoms with Gasteiger partial charge < -0.3 is 15.0 Å². The Morgan fingerprint density at radius 2 is 1.73 bits per heavy atom. The molecular weight excluding hydrogens is 401 g/mol. The molecule has 0 aliphatic heterocycles. The van der Waals surface area contributed by atoms with E-state index in [0.717, 1.165) is 37.1 Å². The molecule has 156 valence electrons. The Kier molecular flexibility index (Phi) is 4.52. The number of amides is 1. The maximum absolute atomic E-state index is 12.9. The van der Waals surface area contributed by atoms with Gasteiger partial charge in [-0.25, -0.2) is 14.8 Å². The van der Waals surface area contributed by atoms with Crippen LogP contribution in [-0.2, 0) is 16.5 Å². The van der Waals surface area contributed by atoms with Crippen LogP contribution in [0.1, 0.15) is 47.4 Å². The van der Waals surface area contributed by atoms with Crippen molar-refractivity contribution in [2.24, 2.45) is 0 Å². The molecule has 1 aromatic carbocycles. The number of fused-ring (bicyclic) bond motifs is 1. The SMILES string of the molecule is CC(NC(=O)c1ncnc2c1ccn2C1CC1)(C(=O)O)c1ccc(C(F)(F)F)cc1. The van der Waals surface area contributed by atoms with Crippen LogP contribution in [0.2, 0.25) is 0 Å². The van der Waals surface area contributed by atoms with E-state index in [-0.39, 0.29) is 11.3 Å². The molecule has 1 fully saturated rings. The van der Waals surface area contributed by atoms with E-state index < -0.39 is 29.2 Å². The molecule has 1 aliphatic rings. The van der Waals surface area contributed by atoms with Gasteiger partial charge in [0.1, 0.15) is 17.7 Å². The summed E-state index contributed by atoms with van der Waals surface area (Å²) in [7, 11) is 0. The van der Waals surface area contributed by atoms with Gasteiger partial charge in [-0.2, -0.15) is 13.2 Å². The summed E-state index contributed by atoms with van der Waals surface area (Å²) in [6.45, 7) is 1.21. The second kappa shape index (κ2) is 6.82. The minimum absolute atomic E-state index is 0.00112. The number of nitrogens with zero attached hydrogens (tertiary/aromatic N) is 3. The third-order valence-corrected chi connectivity index (χ3v) is 5.25. The highest BCUT2D eigenvalue weighted by atomic mass is 19.4. The van der Waals surface area contributed by atoms with E-state index in [9.17, 15) is 27.9 Å². The van der Waals surface area contributed by atoms with Gasteiger partial charge in [0.05, 0.1) is 10.9 Å². The number of aliphatic carboxylic acids is 1. The van der Waals surface area contributed by atoms with Crippen LogP contribution in [0.15, 0.2) is 42.9 Å². The van der Waals surface area contributed by atoms with Crippen LogP contribution in [0, 0.1) is 0 Å². The molecule has 0 bridgehead atoms. The number of aromatic nitrogens is 3. The van der Waals surface area contributed by atoms with Gasteiger partial charge in [0.15, 0.2) is 5.54 Å². The number of alkyl halides is 3. The lowest BCUT2D eigenvalue weighted by atomic mass is 9.91. The van der Waals surface area contributed by atoms with Gasteiger partial charge in [0, 0.05) is 12.2 Å². The summed E-state index contributed by atoms with van der Waals surface area (Å²) in [5.41, 5.74) is -2.30. The maximum atomic E-state index is 12.9. The first kappa shape index (κ1) is 19.9. The molecule has 1 amide bonds. The predicted molar refractivity (Wildman–Crippen MR) is 99.7 cm³/mol. The Balaban J connectivity index is 1.67. The highest BCUT2D eigenvalue weighted by Gasteiger charge is 2.39. The van der Waals surface area contributed by atoms with Gasteiger partial charge >= 0.3 is 12.1 Å². The number of benzene rings is 1. The van der Waals surface area contributed by atoms with Crippen molar-refractivity contribution in [2.75, 3.05) is 0 Å². The van der Waals surface area contributed by atoms with Gasteiger partial charge in [-0.3, -0.25) is 4.79 Å². The summed E-state index contributed by atoms with van der Waals surface area (Å²) in [6.07, 6.45) is 0.510. The van der Waals surface area contributed by atoms with Crippen molar-refractivity contribution in [1.82, 2.24) is 19.9 Å². The van der Waals surface area contributed by atoms with Crippen molar-refractivity contribution in [3.8, 4) is 0 Å². The summed E-state index contributed by atoms with van der Waals surface area (Å²) in [6, 6.07) is 5.65. The zero-order valence-electron chi connectivity index (χ0n) is 15.8. The smallest absolute Gasteiger partial charge is 0.416 e. The molecule has 4 rings (SSSR count). The molecule has 3 aromatic rings. The molecule has 7 nitrogen and oxygen atoms in total. The molecule has 1 unspecified atom stereocenters. The van der Waals surface area contributed by atoms with E-state index >= 15 is 0 Å². The van der Waals surface area contributed by atoms with Crippen LogP contribution in [-0.4, -0.2) is 31.5 Å². The van der Waals surface area contributed by atoms with Crippen molar-refractivity contribution in [2.45, 2.75) is 37.5 Å². The number of carbonyl (C=O) groups excluding carboxylic acids is 1. The molecular formula is C20H17F3N4O3. The van der Waals surface area contributed by atoms with Crippen LogP contribution in [0.5, 0.6) is 0 Å². The third-order valence-electron chi connectivity index (χ3n) is 5.25. The maximum Gasteiger partial charge on any atom is 0.416 e. The van der Waals surface area contributed by atoms with Gasteiger partial charge in [-0.05, 0) is 43.5 Å². The quantitative estimate of drug-likeness (QED) is 0.661. The minimum Gasteiger partial charge on any atom is -0.479 e. The molecule has 10 heteroatoms. The van der Waals surface area contributed by atoms with Gasteiger partial charge in [-0.15, -0.1) is 0 Å². The Labute approximate surface area is 168 Å². The fourth-order valence-corrected chi connectivity index (χ4v) is 3.33. The molecule has 2 N–H and O–H groups in total. The monoisotopic (exact) mass is 418 g/mol. The Bertz CT molecular complexity index is 1140. The highest BCUT2D eigenvalue weighted by molar-refractivity contribution is 6.05. The fraction of sp³-hybridized carbons (Fsp3) is 0.300. The number of carboxylic acids is 1. The average Bonchev–Trinajstić information content (AvgIpc) is 3.45. The molecule has 1 atom stereocenters. The number of hydrogen-bond acceptors (Lipinski definition) is 4. The van der Waals surface area contributed by atoms with Crippen molar-refractivity contribution in [3.63, 3.8) is 0 Å². The molecule has 0 spiro atoms. The lowest BCUT2D eigenvalue weighted by Crippen LogP contribution is -2.49. The van der Waals surface area contributed by atoms with Crippen LogP contribution < -0.4 is 5.32 Å². The Morgan fingerprint density at radius 1 is 1.10 bits per heavy atom. The molecule has 30 heavy (non-hydrogen) atoms. The van der Waals surface area contributed by atoms with Crippen LogP contribution in [0.25, 0.3) is 11.0 Å². The second-order valence-electron chi connectivity index (χ2n) is 7.37. The first-order valence-electron chi connectivity index (χ1n) is 9.16. The molecule has 0 radical (unpaired) electrons. The average molecular weight is 418 g/mol. The normalized spacial score (nSPS) is 16.3. The Hall–Kier alpha value is -3.43. The first-order valence-corrected chi connectivity index (χ1v) is 9.16. The van der Waals surface area contributed by atoms with Gasteiger partial charge in [0.25, 0.3) is 5.91 Å². The summed E-state index contributed by atoms with van der Waals surface area (Å²) >= 11 is 0. The lowest BCUT2D eigenvalue weighted by Gasteiger charge is -2.27. The largest absolute Gasteiger partial charge is 0.479 e. The number of carboxylic acid groups (broad SMARTS) is 1. The standard InChI is InChI=1S/C20H17F3N4O3/c1-19(18(29)30,11-2-4-12(5-3-11)20(21,22)23)26-17(28)15-14-8-9-27(13-6-7-13)16(14)25-10-24-15/h2-5,8-10,13H,6-7H2,1H3,(H,26,28)(H,29,30). The number of halogens is 3. The van der Waals surface area contributed by atoms with Crippen molar-refractivity contribution in [3.05, 3.63) is 59.7 Å².